The van der Waals surface area contributed by atoms with Gasteiger partial charge in [0.25, 0.3) is 0 Å². The van der Waals surface area contributed by atoms with Gasteiger partial charge in [0.05, 0.1) is 5.69 Å². The van der Waals surface area contributed by atoms with Crippen LogP contribution >= 0.6 is 0 Å². The van der Waals surface area contributed by atoms with E-state index in [9.17, 15) is 0 Å². The Labute approximate surface area is 112 Å². The number of nitrogens with zero attached hydrogens (tertiary/aromatic N) is 3. The Kier molecular flexibility index (Phi) is 3.11. The number of rotatable bonds is 3. The van der Waals surface area contributed by atoms with E-state index in [0.29, 0.717) is 18.0 Å². The van der Waals surface area contributed by atoms with Gasteiger partial charge in [-0.1, -0.05) is 12.1 Å². The van der Waals surface area contributed by atoms with E-state index in [1.165, 1.54) is 12.8 Å². The lowest BCUT2D eigenvalue weighted by molar-refractivity contribution is 0.287. The zero-order chi connectivity index (χ0) is 13.2. The smallest absolute Gasteiger partial charge is 0.171 e. The summed E-state index contributed by atoms with van der Waals surface area (Å²) in [7, 11) is 0. The fourth-order valence-electron chi connectivity index (χ4n) is 2.40. The molecule has 0 aliphatic carbocycles. The Morgan fingerprint density at radius 2 is 2.21 bits per heavy atom. The fraction of sp³-hybridized carbons (Fsp3) is 0.429. The van der Waals surface area contributed by atoms with E-state index < -0.39 is 0 Å². The first-order valence-electron chi connectivity index (χ1n) is 6.64. The number of para-hydroxylation sites is 1. The van der Waals surface area contributed by atoms with Gasteiger partial charge in [0.2, 0.25) is 0 Å². The molecule has 0 radical (unpaired) electrons. The molecular weight excluding hydrogens is 240 g/mol. The van der Waals surface area contributed by atoms with Gasteiger partial charge in [-0.2, -0.15) is 0 Å². The second-order valence-electron chi connectivity index (χ2n) is 4.92. The van der Waals surface area contributed by atoms with Crippen molar-refractivity contribution in [3.63, 3.8) is 0 Å². The molecule has 0 unspecified atom stereocenters. The second-order valence-corrected chi connectivity index (χ2v) is 4.92. The van der Waals surface area contributed by atoms with Crippen LogP contribution in [0.3, 0.4) is 0 Å². The Hall–Kier alpha value is -2.04. The van der Waals surface area contributed by atoms with Gasteiger partial charge in [-0.05, 0) is 31.4 Å². The molecule has 100 valence electrons. The van der Waals surface area contributed by atoms with E-state index in [-0.39, 0.29) is 0 Å². The maximum absolute atomic E-state index is 5.99. The molecule has 5 heteroatoms. The molecule has 1 aliphatic heterocycles. The molecule has 0 amide bonds. The zero-order valence-electron chi connectivity index (χ0n) is 11.1. The summed E-state index contributed by atoms with van der Waals surface area (Å²) < 4.78 is 7.94. The molecule has 1 aromatic carbocycles. The number of nitrogen functional groups attached to an aromatic ring is 1. The van der Waals surface area contributed by atoms with Crippen LogP contribution in [0.25, 0.3) is 0 Å². The summed E-state index contributed by atoms with van der Waals surface area (Å²) in [5, 5.41) is 8.42. The fourth-order valence-corrected chi connectivity index (χ4v) is 2.40. The third-order valence-electron chi connectivity index (χ3n) is 3.58. The number of hydrogen-bond acceptors (Lipinski definition) is 4. The van der Waals surface area contributed by atoms with Crippen LogP contribution in [0.2, 0.25) is 0 Å². The minimum absolute atomic E-state index is 0.417. The molecule has 0 atom stereocenters. The van der Waals surface area contributed by atoms with Crippen LogP contribution < -0.4 is 10.5 Å². The number of anilines is 1. The van der Waals surface area contributed by atoms with Crippen LogP contribution in [-0.2, 0) is 19.6 Å². The maximum Gasteiger partial charge on any atom is 0.171 e. The lowest BCUT2D eigenvalue weighted by Gasteiger charge is -2.15. The third-order valence-corrected chi connectivity index (χ3v) is 3.58. The summed E-state index contributed by atoms with van der Waals surface area (Å²) in [5.74, 6) is 2.67. The van der Waals surface area contributed by atoms with E-state index in [0.717, 1.165) is 30.2 Å². The van der Waals surface area contributed by atoms with Crippen molar-refractivity contribution in [2.24, 2.45) is 0 Å². The highest BCUT2D eigenvalue weighted by molar-refractivity contribution is 5.57. The Balaban J connectivity index is 1.76. The number of ether oxygens (including phenoxy) is 1. The largest absolute Gasteiger partial charge is 0.483 e. The molecular formula is C14H18N4O. The van der Waals surface area contributed by atoms with Gasteiger partial charge in [-0.15, -0.1) is 10.2 Å². The minimum Gasteiger partial charge on any atom is -0.483 e. The Morgan fingerprint density at radius 3 is 3.11 bits per heavy atom. The van der Waals surface area contributed by atoms with Gasteiger partial charge < -0.3 is 15.0 Å². The molecule has 0 spiro atoms. The van der Waals surface area contributed by atoms with Gasteiger partial charge in [0.1, 0.15) is 18.2 Å². The lowest BCUT2D eigenvalue weighted by Crippen LogP contribution is -2.14. The molecule has 1 aromatic heterocycles. The van der Waals surface area contributed by atoms with Crippen molar-refractivity contribution in [3.8, 4) is 5.75 Å². The van der Waals surface area contributed by atoms with Gasteiger partial charge in [0, 0.05) is 13.0 Å². The maximum atomic E-state index is 5.99. The van der Waals surface area contributed by atoms with Crippen LogP contribution in [0.1, 0.15) is 30.1 Å². The number of hydrogen-bond donors (Lipinski definition) is 1. The monoisotopic (exact) mass is 258 g/mol. The molecule has 1 aliphatic rings. The first-order valence-corrected chi connectivity index (χ1v) is 6.64. The average molecular weight is 258 g/mol. The SMILES string of the molecule is Cc1cccc(OCc2nnc3n2CCCC3)c1N. The average Bonchev–Trinajstić information content (AvgIpc) is 2.84. The number of aryl methyl sites for hydroxylation is 2. The lowest BCUT2D eigenvalue weighted by atomic mass is 10.2. The molecule has 0 bridgehead atoms. The van der Waals surface area contributed by atoms with Gasteiger partial charge in [0.15, 0.2) is 5.82 Å². The van der Waals surface area contributed by atoms with Crippen LogP contribution in [0.15, 0.2) is 18.2 Å². The Morgan fingerprint density at radius 1 is 1.32 bits per heavy atom. The number of nitrogens with two attached hydrogens (primary N) is 1. The van der Waals surface area contributed by atoms with Crippen molar-refractivity contribution in [2.75, 3.05) is 5.73 Å². The highest BCUT2D eigenvalue weighted by Gasteiger charge is 2.16. The summed E-state index contributed by atoms with van der Waals surface area (Å²) in [6.45, 7) is 3.38. The molecule has 5 nitrogen and oxygen atoms in total. The molecule has 19 heavy (non-hydrogen) atoms. The first kappa shape index (κ1) is 12.0. The molecule has 2 heterocycles. The summed E-state index contributed by atoms with van der Waals surface area (Å²) in [6, 6.07) is 5.80. The number of aromatic nitrogens is 3. The van der Waals surface area contributed by atoms with E-state index in [4.69, 9.17) is 10.5 Å². The summed E-state index contributed by atoms with van der Waals surface area (Å²) in [6.07, 6.45) is 3.40. The van der Waals surface area contributed by atoms with E-state index in [2.05, 4.69) is 14.8 Å². The van der Waals surface area contributed by atoms with Gasteiger partial charge in [-0.3, -0.25) is 0 Å². The van der Waals surface area contributed by atoms with Crippen molar-refractivity contribution in [1.82, 2.24) is 14.8 Å². The van der Waals surface area contributed by atoms with Crippen molar-refractivity contribution in [1.29, 1.82) is 0 Å². The molecule has 2 aromatic rings. The zero-order valence-corrected chi connectivity index (χ0v) is 11.1. The number of benzene rings is 1. The Bertz CT molecular complexity index is 591. The van der Waals surface area contributed by atoms with E-state index in [1.807, 2.05) is 25.1 Å². The predicted octanol–water partition coefficient (Wildman–Crippen LogP) is 2.08. The highest BCUT2D eigenvalue weighted by Crippen LogP contribution is 2.25. The van der Waals surface area contributed by atoms with Gasteiger partial charge >= 0.3 is 0 Å². The van der Waals surface area contributed by atoms with Gasteiger partial charge in [-0.25, -0.2) is 0 Å². The summed E-state index contributed by atoms with van der Waals surface area (Å²) >= 11 is 0. The standard InChI is InChI=1S/C14H18N4O/c1-10-5-4-6-11(14(10)15)19-9-13-17-16-12-7-2-3-8-18(12)13/h4-6H,2-3,7-9,15H2,1H3. The predicted molar refractivity (Wildman–Crippen MR) is 72.9 cm³/mol. The van der Waals surface area contributed by atoms with Crippen molar-refractivity contribution in [2.45, 2.75) is 39.3 Å². The van der Waals surface area contributed by atoms with Crippen LogP contribution in [-0.4, -0.2) is 14.8 Å². The van der Waals surface area contributed by atoms with Crippen molar-refractivity contribution < 1.29 is 4.74 Å². The molecule has 0 saturated heterocycles. The second kappa shape index (κ2) is 4.91. The van der Waals surface area contributed by atoms with E-state index in [1.54, 1.807) is 0 Å². The van der Waals surface area contributed by atoms with Crippen LogP contribution in [0.4, 0.5) is 5.69 Å². The molecule has 2 N–H and O–H groups in total. The molecule has 0 saturated carbocycles. The van der Waals surface area contributed by atoms with Crippen LogP contribution in [0, 0.1) is 6.92 Å². The van der Waals surface area contributed by atoms with E-state index >= 15 is 0 Å². The number of fused-ring (bicyclic) bond motifs is 1. The van der Waals surface area contributed by atoms with Crippen LogP contribution in [0.5, 0.6) is 5.75 Å². The first-order chi connectivity index (χ1) is 9.25. The normalized spacial score (nSPS) is 14.2. The molecule has 3 rings (SSSR count). The minimum atomic E-state index is 0.417. The van der Waals surface area contributed by atoms with Crippen molar-refractivity contribution in [3.05, 3.63) is 35.4 Å². The summed E-state index contributed by atoms with van der Waals surface area (Å²) in [4.78, 5) is 0. The topological polar surface area (TPSA) is 66.0 Å². The van der Waals surface area contributed by atoms with Crippen molar-refractivity contribution >= 4 is 5.69 Å². The highest BCUT2D eigenvalue weighted by atomic mass is 16.5. The summed E-state index contributed by atoms with van der Waals surface area (Å²) in [5.41, 5.74) is 7.72. The third kappa shape index (κ3) is 2.28. The molecule has 0 fully saturated rings. The quantitative estimate of drug-likeness (QED) is 0.856.